The van der Waals surface area contributed by atoms with E-state index >= 15 is 0 Å². The topological polar surface area (TPSA) is 49.3 Å². The highest BCUT2D eigenvalue weighted by atomic mass is 35.5. The number of nitrogens with one attached hydrogen (secondary N) is 1. The lowest BCUT2D eigenvalue weighted by molar-refractivity contribution is 0.0929. The molecule has 1 aromatic rings. The molecule has 0 aliphatic heterocycles. The first kappa shape index (κ1) is 14.3. The van der Waals surface area contributed by atoms with Gasteiger partial charge in [-0.3, -0.25) is 4.79 Å². The third-order valence-corrected chi connectivity index (χ3v) is 3.04. The van der Waals surface area contributed by atoms with Crippen molar-refractivity contribution >= 4 is 29.1 Å². The van der Waals surface area contributed by atoms with E-state index in [-0.39, 0.29) is 18.6 Å². The second-order valence-electron chi connectivity index (χ2n) is 3.72. The first-order valence-corrected chi connectivity index (χ1v) is 6.20. The highest BCUT2D eigenvalue weighted by Gasteiger charge is 2.14. The monoisotopic (exact) mass is 275 g/mol. The number of amides is 1. The Kier molecular flexibility index (Phi) is 5.75. The van der Waals surface area contributed by atoms with E-state index in [1.54, 1.807) is 12.1 Å². The Balaban J connectivity index is 2.78. The number of benzene rings is 1. The first-order valence-electron chi connectivity index (χ1n) is 5.45. The molecule has 0 aliphatic carbocycles. The van der Waals surface area contributed by atoms with Crippen LogP contribution in [-0.4, -0.2) is 23.7 Å². The summed E-state index contributed by atoms with van der Waals surface area (Å²) in [4.78, 5) is 11.9. The van der Waals surface area contributed by atoms with Crippen LogP contribution in [-0.2, 0) is 0 Å². The number of aliphatic hydroxyl groups excluding tert-OH is 1. The fraction of sp³-hybridized carbons (Fsp3) is 0.417. The van der Waals surface area contributed by atoms with Gasteiger partial charge in [0.1, 0.15) is 0 Å². The van der Waals surface area contributed by atoms with Gasteiger partial charge in [0.05, 0.1) is 10.6 Å². The van der Waals surface area contributed by atoms with Crippen molar-refractivity contribution in [3.8, 4) is 0 Å². The molecule has 2 N–H and O–H groups in total. The zero-order valence-electron chi connectivity index (χ0n) is 9.54. The van der Waals surface area contributed by atoms with Crippen molar-refractivity contribution in [2.45, 2.75) is 25.8 Å². The minimum Gasteiger partial charge on any atom is -0.396 e. The fourth-order valence-corrected chi connectivity index (χ4v) is 1.84. The first-order chi connectivity index (χ1) is 8.08. The molecule has 5 heteroatoms. The number of aliphatic hydroxyl groups is 1. The maximum absolute atomic E-state index is 11.9. The Morgan fingerprint density at radius 3 is 2.76 bits per heavy atom. The Hall–Kier alpha value is -0.770. The molecule has 0 bridgehead atoms. The summed E-state index contributed by atoms with van der Waals surface area (Å²) in [5, 5.41) is 12.5. The molecule has 3 nitrogen and oxygen atoms in total. The van der Waals surface area contributed by atoms with Gasteiger partial charge in [0.15, 0.2) is 0 Å². The number of rotatable bonds is 5. The van der Waals surface area contributed by atoms with Crippen LogP contribution in [0.15, 0.2) is 18.2 Å². The van der Waals surface area contributed by atoms with E-state index < -0.39 is 0 Å². The van der Waals surface area contributed by atoms with Gasteiger partial charge in [-0.05, 0) is 31.0 Å². The second-order valence-corrected chi connectivity index (χ2v) is 4.56. The molecule has 0 aliphatic rings. The molecule has 94 valence electrons. The van der Waals surface area contributed by atoms with Gasteiger partial charge >= 0.3 is 0 Å². The molecule has 1 atom stereocenters. The Bertz CT molecular complexity index is 396. The minimum absolute atomic E-state index is 0.0437. The summed E-state index contributed by atoms with van der Waals surface area (Å²) in [6, 6.07) is 4.70. The smallest absolute Gasteiger partial charge is 0.253 e. The summed E-state index contributed by atoms with van der Waals surface area (Å²) in [5.74, 6) is -0.266. The quantitative estimate of drug-likeness (QED) is 0.868. The van der Waals surface area contributed by atoms with Gasteiger partial charge < -0.3 is 10.4 Å². The van der Waals surface area contributed by atoms with Crippen LogP contribution in [0.25, 0.3) is 0 Å². The van der Waals surface area contributed by atoms with E-state index in [1.807, 2.05) is 6.92 Å². The van der Waals surface area contributed by atoms with Crippen molar-refractivity contribution in [3.05, 3.63) is 33.8 Å². The molecular weight excluding hydrogens is 261 g/mol. The average Bonchev–Trinajstić information content (AvgIpc) is 2.31. The van der Waals surface area contributed by atoms with Gasteiger partial charge in [0, 0.05) is 17.7 Å². The molecule has 0 radical (unpaired) electrons. The van der Waals surface area contributed by atoms with Crippen LogP contribution in [0.4, 0.5) is 0 Å². The zero-order valence-corrected chi connectivity index (χ0v) is 11.1. The highest BCUT2D eigenvalue weighted by Crippen LogP contribution is 2.20. The van der Waals surface area contributed by atoms with Crippen molar-refractivity contribution in [2.75, 3.05) is 6.61 Å². The molecule has 0 spiro atoms. The van der Waals surface area contributed by atoms with Crippen molar-refractivity contribution in [1.29, 1.82) is 0 Å². The van der Waals surface area contributed by atoms with Crippen LogP contribution in [0.5, 0.6) is 0 Å². The lowest BCUT2D eigenvalue weighted by Crippen LogP contribution is -2.35. The normalized spacial score (nSPS) is 12.2. The van der Waals surface area contributed by atoms with E-state index in [2.05, 4.69) is 5.32 Å². The summed E-state index contributed by atoms with van der Waals surface area (Å²) in [5.41, 5.74) is 0.357. The van der Waals surface area contributed by atoms with Gasteiger partial charge in [-0.1, -0.05) is 30.1 Å². The lowest BCUT2D eigenvalue weighted by atomic mass is 10.1. The predicted octanol–water partition coefficient (Wildman–Crippen LogP) is 2.88. The minimum atomic E-state index is -0.266. The van der Waals surface area contributed by atoms with Crippen molar-refractivity contribution in [2.24, 2.45) is 0 Å². The molecule has 0 fully saturated rings. The van der Waals surface area contributed by atoms with E-state index in [4.69, 9.17) is 28.3 Å². The zero-order chi connectivity index (χ0) is 12.8. The van der Waals surface area contributed by atoms with Crippen molar-refractivity contribution in [3.63, 3.8) is 0 Å². The second kappa shape index (κ2) is 6.84. The predicted molar refractivity (Wildman–Crippen MR) is 69.7 cm³/mol. The average molecular weight is 276 g/mol. The summed E-state index contributed by atoms with van der Waals surface area (Å²) in [6.07, 6.45) is 1.28. The van der Waals surface area contributed by atoms with Crippen LogP contribution in [0.2, 0.25) is 10.0 Å². The van der Waals surface area contributed by atoms with Crippen molar-refractivity contribution in [1.82, 2.24) is 5.32 Å². The number of hydrogen-bond acceptors (Lipinski definition) is 2. The molecule has 17 heavy (non-hydrogen) atoms. The summed E-state index contributed by atoms with van der Waals surface area (Å²) in [6.45, 7) is 1.99. The molecule has 1 aromatic carbocycles. The van der Waals surface area contributed by atoms with Crippen LogP contribution >= 0.6 is 23.2 Å². The Morgan fingerprint density at radius 2 is 2.18 bits per heavy atom. The molecular formula is C12H15Cl2NO2. The summed E-state index contributed by atoms with van der Waals surface area (Å²) >= 11 is 11.7. The number of carbonyl (C=O) groups excluding carboxylic acids is 1. The van der Waals surface area contributed by atoms with Crippen LogP contribution in [0.1, 0.15) is 30.1 Å². The molecule has 1 rings (SSSR count). The van der Waals surface area contributed by atoms with Crippen LogP contribution in [0.3, 0.4) is 0 Å². The molecule has 0 saturated carbocycles. The van der Waals surface area contributed by atoms with E-state index in [1.165, 1.54) is 6.07 Å². The number of halogens is 2. The maximum atomic E-state index is 11.9. The molecule has 0 heterocycles. The fourth-order valence-electron chi connectivity index (χ4n) is 1.47. The van der Waals surface area contributed by atoms with Crippen LogP contribution < -0.4 is 5.32 Å². The highest BCUT2D eigenvalue weighted by molar-refractivity contribution is 6.35. The van der Waals surface area contributed by atoms with E-state index in [0.29, 0.717) is 22.0 Å². The molecule has 0 aromatic heterocycles. The van der Waals surface area contributed by atoms with Gasteiger partial charge in [-0.25, -0.2) is 0 Å². The van der Waals surface area contributed by atoms with Crippen LogP contribution in [0, 0.1) is 0 Å². The summed E-state index contributed by atoms with van der Waals surface area (Å²) in [7, 11) is 0. The summed E-state index contributed by atoms with van der Waals surface area (Å²) < 4.78 is 0. The number of hydrogen-bond donors (Lipinski definition) is 2. The largest absolute Gasteiger partial charge is 0.396 e. The third-order valence-electron chi connectivity index (χ3n) is 2.48. The van der Waals surface area contributed by atoms with Gasteiger partial charge in [-0.2, -0.15) is 0 Å². The van der Waals surface area contributed by atoms with E-state index in [9.17, 15) is 4.79 Å². The standard InChI is InChI=1S/C12H15Cl2NO2/c1-2-9(5-6-16)15-12(17)10-7-8(13)3-4-11(10)14/h3-4,7,9,16H,2,5-6H2,1H3,(H,15,17). The van der Waals surface area contributed by atoms with Gasteiger partial charge in [0.2, 0.25) is 0 Å². The van der Waals surface area contributed by atoms with Crippen molar-refractivity contribution < 1.29 is 9.90 Å². The SMILES string of the molecule is CCC(CCO)NC(=O)c1cc(Cl)ccc1Cl. The number of carbonyl (C=O) groups is 1. The molecule has 1 unspecified atom stereocenters. The molecule has 1 amide bonds. The maximum Gasteiger partial charge on any atom is 0.253 e. The lowest BCUT2D eigenvalue weighted by Gasteiger charge is -2.16. The van der Waals surface area contributed by atoms with E-state index in [0.717, 1.165) is 6.42 Å². The Labute approximate surface area is 111 Å². The van der Waals surface area contributed by atoms with Gasteiger partial charge in [0.25, 0.3) is 5.91 Å². The Morgan fingerprint density at radius 1 is 1.47 bits per heavy atom. The molecule has 0 saturated heterocycles. The van der Waals surface area contributed by atoms with Gasteiger partial charge in [-0.15, -0.1) is 0 Å². The third kappa shape index (κ3) is 4.19.